The van der Waals surface area contributed by atoms with Gasteiger partial charge in [0, 0.05) is 30.1 Å². The Labute approximate surface area is 167 Å². The van der Waals surface area contributed by atoms with E-state index in [1.165, 1.54) is 6.07 Å². The van der Waals surface area contributed by atoms with Gasteiger partial charge in [-0.15, -0.1) is 0 Å². The third-order valence-electron chi connectivity index (χ3n) is 4.54. The summed E-state index contributed by atoms with van der Waals surface area (Å²) in [5, 5.41) is 13.9. The topological polar surface area (TPSA) is 77.3 Å². The molecule has 0 spiro atoms. The molecular weight excluding hydrogens is 443 g/mol. The fraction of sp³-hybridized carbons (Fsp3) is 0.389. The van der Waals surface area contributed by atoms with Crippen LogP contribution in [0.3, 0.4) is 0 Å². The summed E-state index contributed by atoms with van der Waals surface area (Å²) in [7, 11) is 0. The lowest BCUT2D eigenvalue weighted by Crippen LogP contribution is -2.31. The van der Waals surface area contributed by atoms with E-state index in [0.29, 0.717) is 10.4 Å². The predicted molar refractivity (Wildman–Crippen MR) is 100 cm³/mol. The zero-order valence-electron chi connectivity index (χ0n) is 14.6. The zero-order chi connectivity index (χ0) is 20.3. The molecule has 150 valence electrons. The Balaban J connectivity index is 1.61. The number of rotatable bonds is 5. The maximum atomic E-state index is 13.1. The number of nitro groups is 1. The van der Waals surface area contributed by atoms with E-state index in [4.69, 9.17) is 4.74 Å². The molecule has 10 heteroatoms. The Morgan fingerprint density at radius 3 is 2.50 bits per heavy atom. The van der Waals surface area contributed by atoms with Gasteiger partial charge >= 0.3 is 6.18 Å². The maximum Gasteiger partial charge on any atom is 0.423 e. The summed E-state index contributed by atoms with van der Waals surface area (Å²) in [5.74, 6) is 0.712. The lowest BCUT2D eigenvalue weighted by molar-refractivity contribution is -0.388. The van der Waals surface area contributed by atoms with Crippen molar-refractivity contribution in [1.82, 2.24) is 4.98 Å². The number of nitro benzene ring substituents is 1. The first kappa shape index (κ1) is 20.4. The quantitative estimate of drug-likeness (QED) is 0.359. The van der Waals surface area contributed by atoms with E-state index >= 15 is 0 Å². The van der Waals surface area contributed by atoms with Crippen molar-refractivity contribution in [2.75, 3.05) is 5.32 Å². The van der Waals surface area contributed by atoms with Gasteiger partial charge in [0.1, 0.15) is 15.9 Å². The molecule has 28 heavy (non-hydrogen) atoms. The molecule has 1 aliphatic carbocycles. The van der Waals surface area contributed by atoms with Crippen LogP contribution in [0, 0.1) is 10.1 Å². The smallest absolute Gasteiger partial charge is 0.423 e. The molecule has 1 N–H and O–H groups in total. The first-order valence-electron chi connectivity index (χ1n) is 8.63. The van der Waals surface area contributed by atoms with E-state index in [1.807, 2.05) is 0 Å². The number of pyridine rings is 1. The zero-order valence-corrected chi connectivity index (χ0v) is 16.2. The lowest BCUT2D eigenvalue weighted by atomic mass is 9.92. The van der Waals surface area contributed by atoms with Crippen LogP contribution >= 0.6 is 15.9 Å². The summed E-state index contributed by atoms with van der Waals surface area (Å²) in [5.41, 5.74) is -1.97. The first-order chi connectivity index (χ1) is 13.2. The minimum Gasteiger partial charge on any atom is -0.490 e. The first-order valence-corrected chi connectivity index (χ1v) is 9.42. The Bertz CT molecular complexity index is 855. The minimum absolute atomic E-state index is 0.0217. The molecule has 3 rings (SSSR count). The van der Waals surface area contributed by atoms with E-state index in [0.717, 1.165) is 37.8 Å². The molecule has 1 saturated carbocycles. The van der Waals surface area contributed by atoms with Crippen LogP contribution in [0.25, 0.3) is 0 Å². The van der Waals surface area contributed by atoms with Gasteiger partial charge < -0.3 is 10.1 Å². The average molecular weight is 460 g/mol. The molecule has 1 aliphatic rings. The van der Waals surface area contributed by atoms with Gasteiger partial charge in [-0.3, -0.25) is 10.1 Å². The summed E-state index contributed by atoms with van der Waals surface area (Å²) in [6.07, 6.45) is -0.197. The third-order valence-corrected chi connectivity index (χ3v) is 4.98. The number of nitrogens with one attached hydrogen (secondary N) is 1. The van der Waals surface area contributed by atoms with Crippen molar-refractivity contribution >= 4 is 27.3 Å². The molecule has 0 amide bonds. The Morgan fingerprint density at radius 2 is 1.89 bits per heavy atom. The van der Waals surface area contributed by atoms with Crippen LogP contribution in [0.2, 0.25) is 0 Å². The van der Waals surface area contributed by atoms with Crippen molar-refractivity contribution in [3.8, 4) is 5.75 Å². The van der Waals surface area contributed by atoms with E-state index in [9.17, 15) is 23.3 Å². The highest BCUT2D eigenvalue weighted by Gasteiger charge is 2.38. The Morgan fingerprint density at radius 1 is 1.18 bits per heavy atom. The molecular formula is C18H17BrF3N3O3. The number of anilines is 1. The molecule has 0 aliphatic heterocycles. The lowest BCUT2D eigenvalue weighted by Gasteiger charge is -2.30. The number of ether oxygens (including phenoxy) is 1. The Kier molecular flexibility index (Phi) is 6.07. The van der Waals surface area contributed by atoms with Gasteiger partial charge in [0.15, 0.2) is 0 Å². The largest absolute Gasteiger partial charge is 0.490 e. The number of hydrogen-bond acceptors (Lipinski definition) is 5. The monoisotopic (exact) mass is 459 g/mol. The van der Waals surface area contributed by atoms with Crippen LogP contribution in [-0.4, -0.2) is 22.1 Å². The van der Waals surface area contributed by atoms with E-state index in [1.54, 1.807) is 18.3 Å². The molecule has 0 saturated heterocycles. The molecule has 0 bridgehead atoms. The second-order valence-electron chi connectivity index (χ2n) is 6.54. The molecule has 0 unspecified atom stereocenters. The summed E-state index contributed by atoms with van der Waals surface area (Å²) >= 11 is 3.28. The van der Waals surface area contributed by atoms with Crippen LogP contribution < -0.4 is 10.1 Å². The second kappa shape index (κ2) is 8.34. The van der Waals surface area contributed by atoms with Crippen molar-refractivity contribution in [2.45, 2.75) is 44.0 Å². The molecule has 0 radical (unpaired) electrons. The average Bonchev–Trinajstić information content (AvgIpc) is 2.62. The Hall–Kier alpha value is -2.36. The van der Waals surface area contributed by atoms with Crippen LogP contribution in [0.5, 0.6) is 5.75 Å². The van der Waals surface area contributed by atoms with Gasteiger partial charge in [-0.2, -0.15) is 13.2 Å². The van der Waals surface area contributed by atoms with Crippen molar-refractivity contribution < 1.29 is 22.8 Å². The number of alkyl halides is 3. The highest BCUT2D eigenvalue weighted by molar-refractivity contribution is 9.10. The number of nitrogens with zero attached hydrogens (tertiary/aromatic N) is 2. The molecule has 1 fully saturated rings. The van der Waals surface area contributed by atoms with Gasteiger partial charge in [-0.05, 0) is 59.8 Å². The standard InChI is InChI=1S/C18H17BrF3N3O3/c19-17-10-14(7-8-23-17)28-13-4-1-11(2-5-13)24-12-3-6-16(25(26)27)15(9-12)18(20,21)22/h3,6-11,13,24H,1-2,4-5H2. The maximum absolute atomic E-state index is 13.1. The number of halogens is 4. The van der Waals surface area contributed by atoms with Gasteiger partial charge in [0.25, 0.3) is 5.69 Å². The van der Waals surface area contributed by atoms with E-state index in [-0.39, 0.29) is 17.8 Å². The number of aromatic nitrogens is 1. The van der Waals surface area contributed by atoms with Crippen molar-refractivity contribution in [1.29, 1.82) is 0 Å². The van der Waals surface area contributed by atoms with Gasteiger partial charge in [0.05, 0.1) is 11.0 Å². The fourth-order valence-electron chi connectivity index (χ4n) is 3.22. The van der Waals surface area contributed by atoms with Gasteiger partial charge in [-0.1, -0.05) is 0 Å². The normalized spacial score (nSPS) is 19.9. The highest BCUT2D eigenvalue weighted by atomic mass is 79.9. The van der Waals surface area contributed by atoms with Crippen molar-refractivity contribution in [3.63, 3.8) is 0 Å². The summed E-state index contributed by atoms with van der Waals surface area (Å²) in [4.78, 5) is 13.9. The predicted octanol–water partition coefficient (Wildman–Crippen LogP) is 5.57. The van der Waals surface area contributed by atoms with Crippen molar-refractivity contribution in [2.24, 2.45) is 0 Å². The minimum atomic E-state index is -4.79. The number of hydrogen-bond donors (Lipinski definition) is 1. The second-order valence-corrected chi connectivity index (χ2v) is 7.35. The molecule has 1 aromatic heterocycles. The molecule has 0 atom stereocenters. The van der Waals surface area contributed by atoms with Crippen LogP contribution in [-0.2, 0) is 6.18 Å². The molecule has 6 nitrogen and oxygen atoms in total. The third kappa shape index (κ3) is 5.12. The summed E-state index contributed by atoms with van der Waals surface area (Å²) in [6, 6.07) is 6.53. The molecule has 1 heterocycles. The summed E-state index contributed by atoms with van der Waals surface area (Å²) < 4.78 is 45.9. The van der Waals surface area contributed by atoms with Gasteiger partial charge in [-0.25, -0.2) is 4.98 Å². The van der Waals surface area contributed by atoms with Crippen LogP contribution in [0.1, 0.15) is 31.2 Å². The SMILES string of the molecule is O=[N+]([O-])c1ccc(NC2CCC(Oc3ccnc(Br)c3)CC2)cc1C(F)(F)F. The van der Waals surface area contributed by atoms with E-state index < -0.39 is 22.4 Å². The van der Waals surface area contributed by atoms with E-state index in [2.05, 4.69) is 26.2 Å². The molecule has 2 aromatic rings. The van der Waals surface area contributed by atoms with Crippen molar-refractivity contribution in [3.05, 3.63) is 56.8 Å². The van der Waals surface area contributed by atoms with Gasteiger partial charge in [0.2, 0.25) is 0 Å². The molecule has 1 aromatic carbocycles. The highest BCUT2D eigenvalue weighted by Crippen LogP contribution is 2.38. The number of benzene rings is 1. The summed E-state index contributed by atoms with van der Waals surface area (Å²) in [6.45, 7) is 0. The fourth-order valence-corrected chi connectivity index (χ4v) is 3.57. The van der Waals surface area contributed by atoms with Crippen LogP contribution in [0.4, 0.5) is 24.5 Å². The van der Waals surface area contributed by atoms with Crippen LogP contribution in [0.15, 0.2) is 41.1 Å².